The number of halogens is 3. The molecule has 156 valence electrons. The number of alkyl halides is 3. The summed E-state index contributed by atoms with van der Waals surface area (Å²) in [5.74, 6) is 0. The molecule has 8 nitrogen and oxygen atoms in total. The van der Waals surface area contributed by atoms with E-state index in [0.29, 0.717) is 11.6 Å². The summed E-state index contributed by atoms with van der Waals surface area (Å²) in [5.41, 5.74) is -6.34. The fourth-order valence-electron chi connectivity index (χ4n) is 2.37. The van der Waals surface area contributed by atoms with E-state index in [2.05, 4.69) is 0 Å². The first-order valence-corrected chi connectivity index (χ1v) is 9.55. The molecule has 0 unspecified atom stereocenters. The summed E-state index contributed by atoms with van der Waals surface area (Å²) in [7, 11) is -5.79. The van der Waals surface area contributed by atoms with E-state index in [1.165, 1.54) is 6.92 Å². The lowest BCUT2D eigenvalue weighted by atomic mass is 10.2. The summed E-state index contributed by atoms with van der Waals surface area (Å²) in [4.78, 5) is 22.1. The molecule has 0 fully saturated rings. The molecule has 29 heavy (non-hydrogen) atoms. The van der Waals surface area contributed by atoms with E-state index in [4.69, 9.17) is 4.74 Å². The lowest BCUT2D eigenvalue weighted by Crippen LogP contribution is -2.32. The second-order valence-corrected chi connectivity index (χ2v) is 7.58. The molecule has 12 heteroatoms. The highest BCUT2D eigenvalue weighted by molar-refractivity contribution is 7.92. The molecule has 0 saturated heterocycles. The summed E-state index contributed by atoms with van der Waals surface area (Å²) in [6, 6.07) is 10.1. The van der Waals surface area contributed by atoms with Gasteiger partial charge in [-0.15, -0.1) is 0 Å². The van der Waals surface area contributed by atoms with Gasteiger partial charge in [-0.25, -0.2) is 13.2 Å². The molecule has 0 radical (unpaired) electrons. The molecule has 0 spiro atoms. The third-order valence-electron chi connectivity index (χ3n) is 3.79. The Balaban J connectivity index is 2.38. The molecule has 0 aromatic heterocycles. The zero-order valence-corrected chi connectivity index (χ0v) is 15.7. The number of carbonyl (C=O) groups excluding carboxylic acids is 1. The summed E-state index contributed by atoms with van der Waals surface area (Å²) in [6.45, 7) is 1.22. The number of hydrogen-bond donors (Lipinski definition) is 0. The van der Waals surface area contributed by atoms with Crippen LogP contribution in [-0.2, 0) is 21.2 Å². The topological polar surface area (TPSA) is 107 Å². The van der Waals surface area contributed by atoms with Gasteiger partial charge in [-0.1, -0.05) is 30.3 Å². The van der Waals surface area contributed by atoms with Crippen LogP contribution >= 0.6 is 0 Å². The quantitative estimate of drug-likeness (QED) is 0.504. The fraction of sp³-hybridized carbons (Fsp3) is 0.235. The maximum atomic E-state index is 12.7. The van der Waals surface area contributed by atoms with Gasteiger partial charge >= 0.3 is 11.6 Å². The van der Waals surface area contributed by atoms with Crippen LogP contribution in [0.15, 0.2) is 53.4 Å². The van der Waals surface area contributed by atoms with Crippen molar-refractivity contribution in [2.75, 3.05) is 11.4 Å². The van der Waals surface area contributed by atoms with Gasteiger partial charge in [0.2, 0.25) is 0 Å². The Morgan fingerprint density at radius 2 is 1.79 bits per heavy atom. The average molecular weight is 432 g/mol. The highest BCUT2D eigenvalue weighted by atomic mass is 32.2. The number of benzene rings is 2. The molecular weight excluding hydrogens is 417 g/mol. The molecule has 0 aliphatic heterocycles. The molecule has 2 aromatic rings. The van der Waals surface area contributed by atoms with Crippen LogP contribution in [0, 0.1) is 10.1 Å². The Morgan fingerprint density at radius 1 is 1.17 bits per heavy atom. The van der Waals surface area contributed by atoms with Crippen molar-refractivity contribution >= 4 is 27.3 Å². The van der Waals surface area contributed by atoms with Crippen LogP contribution in [0.4, 0.5) is 29.3 Å². The van der Waals surface area contributed by atoms with Gasteiger partial charge in [0.1, 0.15) is 12.3 Å². The predicted octanol–water partition coefficient (Wildman–Crippen LogP) is 4.05. The largest absolute Gasteiger partial charge is 0.501 e. The number of rotatable bonds is 6. The fourth-order valence-corrected chi connectivity index (χ4v) is 3.15. The van der Waals surface area contributed by atoms with E-state index in [-0.39, 0.29) is 19.2 Å². The molecular formula is C17H15F3N2O6S. The minimum Gasteiger partial charge on any atom is -0.444 e. The zero-order chi connectivity index (χ0) is 21.8. The molecule has 1 amide bonds. The second kappa shape index (κ2) is 8.47. The highest BCUT2D eigenvalue weighted by Gasteiger charge is 2.47. The number of carbonyl (C=O) groups is 1. The van der Waals surface area contributed by atoms with E-state index in [0.717, 1.165) is 11.0 Å². The first-order chi connectivity index (χ1) is 13.5. The normalized spacial score (nSPS) is 11.7. The van der Waals surface area contributed by atoms with Gasteiger partial charge in [0.05, 0.1) is 9.82 Å². The summed E-state index contributed by atoms with van der Waals surface area (Å²) in [6.07, 6.45) is -0.981. The molecule has 0 aliphatic carbocycles. The molecule has 0 heterocycles. The van der Waals surface area contributed by atoms with Crippen molar-refractivity contribution in [3.8, 4) is 0 Å². The standard InChI is InChI=1S/C17H15F3N2O6S/c1-2-21(16(23)28-11-12-6-4-3-5-7-12)14-9-8-13(10-15(14)22(24)25)29(26,27)17(18,19)20/h3-10H,2,11H2,1H3. The molecule has 2 aromatic carbocycles. The predicted molar refractivity (Wildman–Crippen MR) is 96.0 cm³/mol. The number of nitro benzene ring substituents is 1. The van der Waals surface area contributed by atoms with Crippen LogP contribution in [0.3, 0.4) is 0 Å². The van der Waals surface area contributed by atoms with Gasteiger partial charge in [-0.2, -0.15) is 13.2 Å². The van der Waals surface area contributed by atoms with Gasteiger partial charge in [-0.05, 0) is 24.6 Å². The molecule has 0 N–H and O–H groups in total. The minimum atomic E-state index is -5.79. The van der Waals surface area contributed by atoms with Gasteiger partial charge < -0.3 is 4.74 Å². The maximum absolute atomic E-state index is 12.7. The van der Waals surface area contributed by atoms with Crippen LogP contribution < -0.4 is 4.90 Å². The Hall–Kier alpha value is -3.15. The third kappa shape index (κ3) is 4.83. The lowest BCUT2D eigenvalue weighted by molar-refractivity contribution is -0.384. The SMILES string of the molecule is CCN(C(=O)OCc1ccccc1)c1ccc(S(=O)(=O)C(F)(F)F)cc1[N+](=O)[O-]. The van der Waals surface area contributed by atoms with Gasteiger partial charge in [0, 0.05) is 12.6 Å². The van der Waals surface area contributed by atoms with Crippen LogP contribution in [0.1, 0.15) is 12.5 Å². The first kappa shape index (κ1) is 22.1. The number of hydrogen-bond acceptors (Lipinski definition) is 6. The molecule has 2 rings (SSSR count). The van der Waals surface area contributed by atoms with Crippen molar-refractivity contribution in [3.63, 3.8) is 0 Å². The van der Waals surface area contributed by atoms with E-state index in [1.807, 2.05) is 0 Å². The first-order valence-electron chi connectivity index (χ1n) is 8.07. The number of nitro groups is 1. The Morgan fingerprint density at radius 3 is 2.31 bits per heavy atom. The second-order valence-electron chi connectivity index (χ2n) is 5.64. The summed E-state index contributed by atoms with van der Waals surface area (Å²) < 4.78 is 66.3. The molecule has 0 atom stereocenters. The van der Waals surface area contributed by atoms with Crippen molar-refractivity contribution in [2.24, 2.45) is 0 Å². The van der Waals surface area contributed by atoms with Crippen molar-refractivity contribution in [2.45, 2.75) is 23.9 Å². The van der Waals surface area contributed by atoms with E-state index >= 15 is 0 Å². The summed E-state index contributed by atoms with van der Waals surface area (Å²) in [5, 5.41) is 11.3. The van der Waals surface area contributed by atoms with Crippen molar-refractivity contribution in [1.29, 1.82) is 0 Å². The Labute approximate surface area is 163 Å². The molecule has 0 saturated carbocycles. The third-order valence-corrected chi connectivity index (χ3v) is 5.28. The van der Waals surface area contributed by atoms with Crippen molar-refractivity contribution < 1.29 is 36.0 Å². The zero-order valence-electron chi connectivity index (χ0n) is 14.9. The van der Waals surface area contributed by atoms with E-state index in [1.54, 1.807) is 30.3 Å². The smallest absolute Gasteiger partial charge is 0.444 e. The van der Waals surface area contributed by atoms with E-state index < -0.39 is 42.6 Å². The molecule has 0 bridgehead atoms. The number of anilines is 1. The van der Waals surface area contributed by atoms with Gasteiger partial charge in [0.15, 0.2) is 0 Å². The molecule has 0 aliphatic rings. The summed E-state index contributed by atoms with van der Waals surface area (Å²) >= 11 is 0. The number of sulfone groups is 1. The van der Waals surface area contributed by atoms with Crippen LogP contribution in [0.2, 0.25) is 0 Å². The van der Waals surface area contributed by atoms with Crippen molar-refractivity contribution in [3.05, 3.63) is 64.2 Å². The highest BCUT2D eigenvalue weighted by Crippen LogP contribution is 2.36. The monoisotopic (exact) mass is 432 g/mol. The Bertz CT molecular complexity index is 1010. The van der Waals surface area contributed by atoms with Crippen LogP contribution in [-0.4, -0.2) is 31.5 Å². The van der Waals surface area contributed by atoms with Crippen LogP contribution in [0.5, 0.6) is 0 Å². The maximum Gasteiger partial charge on any atom is 0.501 e. The lowest BCUT2D eigenvalue weighted by Gasteiger charge is -2.21. The number of ether oxygens (including phenoxy) is 1. The van der Waals surface area contributed by atoms with Crippen LogP contribution in [0.25, 0.3) is 0 Å². The number of nitrogens with zero attached hydrogens (tertiary/aromatic N) is 2. The van der Waals surface area contributed by atoms with Crippen molar-refractivity contribution in [1.82, 2.24) is 0 Å². The van der Waals surface area contributed by atoms with E-state index in [9.17, 15) is 36.5 Å². The average Bonchev–Trinajstić information content (AvgIpc) is 2.66. The van der Waals surface area contributed by atoms with Gasteiger partial charge in [-0.3, -0.25) is 15.0 Å². The Kier molecular flexibility index (Phi) is 6.47. The van der Waals surface area contributed by atoms with Gasteiger partial charge in [0.25, 0.3) is 15.5 Å². The number of amides is 1. The minimum absolute atomic E-state index is 0.111.